The van der Waals surface area contributed by atoms with Crippen LogP contribution in [0.5, 0.6) is 0 Å². The highest BCUT2D eigenvalue weighted by Gasteiger charge is 1.95. The number of hydrogen-bond donors (Lipinski definition) is 2. The van der Waals surface area contributed by atoms with Gasteiger partial charge in [0.15, 0.2) is 0 Å². The van der Waals surface area contributed by atoms with Crippen molar-refractivity contribution in [3.8, 4) is 0 Å². The number of aliphatic hydroxyl groups is 1. The third kappa shape index (κ3) is 9.26. The van der Waals surface area contributed by atoms with Gasteiger partial charge in [-0.05, 0) is 6.92 Å². The van der Waals surface area contributed by atoms with E-state index < -0.39 is 6.61 Å². The number of rotatable bonds is 8. The van der Waals surface area contributed by atoms with Gasteiger partial charge in [-0.15, -0.1) is 0 Å². The number of amides is 1. The second-order valence-electron chi connectivity index (χ2n) is 2.32. The lowest BCUT2D eigenvalue weighted by molar-refractivity contribution is -0.124. The third-order valence-corrected chi connectivity index (χ3v) is 1.29. The fourth-order valence-corrected chi connectivity index (χ4v) is 0.683. The van der Waals surface area contributed by atoms with Gasteiger partial charge in [0.05, 0.1) is 19.8 Å². The standard InChI is InChI=1S/C8H17NO4/c1-2-12-5-6-13-4-3-9-8(11)7-10/h10H,2-7H2,1H3,(H,9,11). The molecule has 0 heterocycles. The van der Waals surface area contributed by atoms with E-state index in [1.807, 2.05) is 6.92 Å². The topological polar surface area (TPSA) is 67.8 Å². The van der Waals surface area contributed by atoms with Crippen LogP contribution >= 0.6 is 0 Å². The molecule has 78 valence electrons. The van der Waals surface area contributed by atoms with E-state index in [1.165, 1.54) is 0 Å². The summed E-state index contributed by atoms with van der Waals surface area (Å²) in [5, 5.41) is 10.8. The van der Waals surface area contributed by atoms with Crippen molar-refractivity contribution in [2.75, 3.05) is 39.6 Å². The van der Waals surface area contributed by atoms with Crippen LogP contribution in [0, 0.1) is 0 Å². The molecule has 0 bridgehead atoms. The molecule has 0 saturated carbocycles. The zero-order valence-corrected chi connectivity index (χ0v) is 7.91. The normalized spacial score (nSPS) is 10.0. The predicted octanol–water partition coefficient (Wildman–Crippen LogP) is -0.852. The molecule has 0 aromatic carbocycles. The van der Waals surface area contributed by atoms with Crippen LogP contribution in [0.25, 0.3) is 0 Å². The van der Waals surface area contributed by atoms with E-state index in [0.29, 0.717) is 33.0 Å². The number of aliphatic hydroxyl groups excluding tert-OH is 1. The highest BCUT2D eigenvalue weighted by molar-refractivity contribution is 5.76. The number of carbonyl (C=O) groups excluding carboxylic acids is 1. The molecule has 5 nitrogen and oxygen atoms in total. The van der Waals surface area contributed by atoms with Crippen LogP contribution in [-0.2, 0) is 14.3 Å². The van der Waals surface area contributed by atoms with Crippen molar-refractivity contribution >= 4 is 5.91 Å². The molecule has 0 spiro atoms. The van der Waals surface area contributed by atoms with Gasteiger partial charge in [0, 0.05) is 13.2 Å². The first-order valence-electron chi connectivity index (χ1n) is 4.34. The van der Waals surface area contributed by atoms with Gasteiger partial charge in [0.1, 0.15) is 6.61 Å². The Hall–Kier alpha value is -0.650. The van der Waals surface area contributed by atoms with Gasteiger partial charge in [-0.2, -0.15) is 0 Å². The van der Waals surface area contributed by atoms with Crippen LogP contribution in [0.2, 0.25) is 0 Å². The number of nitrogens with one attached hydrogen (secondary N) is 1. The van der Waals surface area contributed by atoms with Gasteiger partial charge in [-0.3, -0.25) is 4.79 Å². The first-order chi connectivity index (χ1) is 6.31. The second-order valence-corrected chi connectivity index (χ2v) is 2.32. The Labute approximate surface area is 78.0 Å². The maximum Gasteiger partial charge on any atom is 0.245 e. The SMILES string of the molecule is CCOCCOCCNC(=O)CO. The van der Waals surface area contributed by atoms with Gasteiger partial charge in [-0.1, -0.05) is 0 Å². The molecule has 0 saturated heterocycles. The molecule has 13 heavy (non-hydrogen) atoms. The molecule has 0 aliphatic heterocycles. The Balaban J connectivity index is 2.95. The quantitative estimate of drug-likeness (QED) is 0.490. The van der Waals surface area contributed by atoms with E-state index in [2.05, 4.69) is 5.32 Å². The maximum absolute atomic E-state index is 10.5. The number of hydrogen-bond acceptors (Lipinski definition) is 4. The van der Waals surface area contributed by atoms with Crippen molar-refractivity contribution in [3.05, 3.63) is 0 Å². The first kappa shape index (κ1) is 12.3. The summed E-state index contributed by atoms with van der Waals surface area (Å²) in [5.41, 5.74) is 0. The molecule has 5 heteroatoms. The molecule has 0 unspecified atom stereocenters. The van der Waals surface area contributed by atoms with Crippen molar-refractivity contribution in [1.82, 2.24) is 5.32 Å². The van der Waals surface area contributed by atoms with Crippen molar-refractivity contribution in [3.63, 3.8) is 0 Å². The molecular weight excluding hydrogens is 174 g/mol. The zero-order chi connectivity index (χ0) is 9.94. The molecule has 0 rings (SSSR count). The van der Waals surface area contributed by atoms with Crippen LogP contribution < -0.4 is 5.32 Å². The van der Waals surface area contributed by atoms with Gasteiger partial charge in [0.2, 0.25) is 5.91 Å². The minimum absolute atomic E-state index is 0.381. The predicted molar refractivity (Wildman–Crippen MR) is 47.4 cm³/mol. The molecule has 1 amide bonds. The van der Waals surface area contributed by atoms with E-state index in [1.54, 1.807) is 0 Å². The molecule has 0 atom stereocenters. The fourth-order valence-electron chi connectivity index (χ4n) is 0.683. The number of ether oxygens (including phenoxy) is 2. The molecule has 0 fully saturated rings. The van der Waals surface area contributed by atoms with E-state index in [9.17, 15) is 4.79 Å². The lowest BCUT2D eigenvalue weighted by Crippen LogP contribution is -2.29. The average Bonchev–Trinajstić information content (AvgIpc) is 2.16. The van der Waals surface area contributed by atoms with Crippen LogP contribution in [0.15, 0.2) is 0 Å². The number of carbonyl (C=O) groups is 1. The molecule has 0 aromatic heterocycles. The zero-order valence-electron chi connectivity index (χ0n) is 7.91. The Morgan fingerprint density at radius 2 is 2.00 bits per heavy atom. The Morgan fingerprint density at radius 3 is 2.62 bits per heavy atom. The molecule has 0 aromatic rings. The minimum atomic E-state index is -0.473. The molecule has 0 aliphatic rings. The van der Waals surface area contributed by atoms with Crippen molar-refractivity contribution in [2.45, 2.75) is 6.92 Å². The van der Waals surface area contributed by atoms with Crippen molar-refractivity contribution in [1.29, 1.82) is 0 Å². The summed E-state index contributed by atoms with van der Waals surface area (Å²) >= 11 is 0. The van der Waals surface area contributed by atoms with Crippen LogP contribution in [0.4, 0.5) is 0 Å². The van der Waals surface area contributed by atoms with E-state index in [0.717, 1.165) is 0 Å². The Bertz CT molecular complexity index is 129. The fraction of sp³-hybridized carbons (Fsp3) is 0.875. The van der Waals surface area contributed by atoms with Gasteiger partial charge >= 0.3 is 0 Å². The summed E-state index contributed by atoms with van der Waals surface area (Å²) in [6, 6.07) is 0. The Morgan fingerprint density at radius 1 is 1.31 bits per heavy atom. The maximum atomic E-state index is 10.5. The highest BCUT2D eigenvalue weighted by atomic mass is 16.5. The Kier molecular flexibility index (Phi) is 8.97. The van der Waals surface area contributed by atoms with Gasteiger partial charge in [0.25, 0.3) is 0 Å². The monoisotopic (exact) mass is 191 g/mol. The lowest BCUT2D eigenvalue weighted by Gasteiger charge is -2.04. The molecule has 0 aliphatic carbocycles. The smallest absolute Gasteiger partial charge is 0.245 e. The summed E-state index contributed by atoms with van der Waals surface area (Å²) in [6.07, 6.45) is 0. The highest BCUT2D eigenvalue weighted by Crippen LogP contribution is 1.77. The largest absolute Gasteiger partial charge is 0.387 e. The molecular formula is C8H17NO4. The van der Waals surface area contributed by atoms with E-state index in [4.69, 9.17) is 14.6 Å². The second kappa shape index (κ2) is 9.44. The average molecular weight is 191 g/mol. The van der Waals surface area contributed by atoms with Gasteiger partial charge < -0.3 is 19.9 Å². The summed E-state index contributed by atoms with van der Waals surface area (Å²) in [4.78, 5) is 10.5. The first-order valence-corrected chi connectivity index (χ1v) is 4.34. The minimum Gasteiger partial charge on any atom is -0.387 e. The van der Waals surface area contributed by atoms with Gasteiger partial charge in [-0.25, -0.2) is 0 Å². The lowest BCUT2D eigenvalue weighted by atomic mass is 10.6. The molecule has 2 N–H and O–H groups in total. The summed E-state index contributed by atoms with van der Waals surface area (Å²) in [7, 11) is 0. The third-order valence-electron chi connectivity index (χ3n) is 1.29. The van der Waals surface area contributed by atoms with Crippen molar-refractivity contribution in [2.24, 2.45) is 0 Å². The van der Waals surface area contributed by atoms with E-state index in [-0.39, 0.29) is 5.91 Å². The molecule has 0 radical (unpaired) electrons. The summed E-state index contributed by atoms with van der Waals surface area (Å²) < 4.78 is 10.1. The van der Waals surface area contributed by atoms with Crippen LogP contribution in [0.3, 0.4) is 0 Å². The van der Waals surface area contributed by atoms with Crippen molar-refractivity contribution < 1.29 is 19.4 Å². The van der Waals surface area contributed by atoms with Crippen LogP contribution in [-0.4, -0.2) is 50.6 Å². The summed E-state index contributed by atoms with van der Waals surface area (Å²) in [6.45, 7) is 4.10. The van der Waals surface area contributed by atoms with E-state index >= 15 is 0 Å². The van der Waals surface area contributed by atoms with Crippen LogP contribution in [0.1, 0.15) is 6.92 Å². The summed E-state index contributed by atoms with van der Waals surface area (Å²) in [5.74, 6) is -0.381.